The Morgan fingerprint density at radius 2 is 1.24 bits per heavy atom. The maximum atomic E-state index is 12.5. The SMILES string of the molecule is CCCCC/C=C\C[C@@H](O)/C=C/C=C/C=C\[C@@H](O)CCCC(=O)OC[C@H](COP(=O)(O)OC[C@@H](O)COP(=O)(O)O)OC(=O)CCCCCCCCC(C)C. The number of hydrogen-bond acceptors (Lipinski definition) is 12. The lowest BCUT2D eigenvalue weighted by Gasteiger charge is -2.20. The quantitative estimate of drug-likeness (QED) is 0.0125. The molecule has 0 rings (SSSR count). The normalized spacial score (nSPS) is 16.0. The first-order valence-corrected chi connectivity index (χ1v) is 22.4. The van der Waals surface area contributed by atoms with Gasteiger partial charge in [-0.3, -0.25) is 23.2 Å². The van der Waals surface area contributed by atoms with Gasteiger partial charge in [-0.05, 0) is 44.4 Å². The van der Waals surface area contributed by atoms with Gasteiger partial charge in [-0.2, -0.15) is 0 Å². The van der Waals surface area contributed by atoms with Crippen molar-refractivity contribution in [2.24, 2.45) is 5.92 Å². The van der Waals surface area contributed by atoms with E-state index in [9.17, 15) is 38.9 Å². The Bertz CT molecular complexity index is 1210. The van der Waals surface area contributed by atoms with Gasteiger partial charge in [-0.25, -0.2) is 9.13 Å². The number of phosphoric acid groups is 2. The zero-order chi connectivity index (χ0) is 41.4. The minimum Gasteiger partial charge on any atom is -0.462 e. The van der Waals surface area contributed by atoms with Gasteiger partial charge in [-0.1, -0.05) is 121 Å². The average Bonchev–Trinajstić information content (AvgIpc) is 3.11. The maximum Gasteiger partial charge on any atom is 0.472 e. The molecule has 5 atom stereocenters. The first kappa shape index (κ1) is 53.0. The van der Waals surface area contributed by atoms with Crippen molar-refractivity contribution in [1.29, 1.82) is 0 Å². The largest absolute Gasteiger partial charge is 0.472 e. The lowest BCUT2D eigenvalue weighted by molar-refractivity contribution is -0.161. The van der Waals surface area contributed by atoms with Gasteiger partial charge in [0.2, 0.25) is 0 Å². The number of rotatable bonds is 35. The van der Waals surface area contributed by atoms with Crippen LogP contribution >= 0.6 is 15.6 Å². The number of aliphatic hydroxyl groups excluding tert-OH is 3. The van der Waals surface area contributed by atoms with Crippen LogP contribution in [0.4, 0.5) is 0 Å². The summed E-state index contributed by atoms with van der Waals surface area (Å²) in [5, 5.41) is 29.9. The molecular weight excluding hydrogens is 758 g/mol. The first-order valence-electron chi connectivity index (χ1n) is 19.4. The Morgan fingerprint density at radius 1 is 0.636 bits per heavy atom. The fourth-order valence-electron chi connectivity index (χ4n) is 4.78. The number of phosphoric ester groups is 2. The molecule has 17 heteroatoms. The molecule has 0 aliphatic carbocycles. The Morgan fingerprint density at radius 3 is 1.89 bits per heavy atom. The van der Waals surface area contributed by atoms with Crippen LogP contribution in [0.3, 0.4) is 0 Å². The smallest absolute Gasteiger partial charge is 0.462 e. The molecule has 0 amide bonds. The van der Waals surface area contributed by atoms with E-state index in [1.165, 1.54) is 19.3 Å². The Balaban J connectivity index is 4.81. The van der Waals surface area contributed by atoms with Gasteiger partial charge >= 0.3 is 27.6 Å². The number of carbonyl (C=O) groups is 2. The summed E-state index contributed by atoms with van der Waals surface area (Å²) in [7, 11) is -9.74. The van der Waals surface area contributed by atoms with Gasteiger partial charge in [0.1, 0.15) is 12.7 Å². The fraction of sp³-hybridized carbons (Fsp3) is 0.737. The van der Waals surface area contributed by atoms with Crippen LogP contribution in [0, 0.1) is 5.92 Å². The predicted molar refractivity (Wildman–Crippen MR) is 210 cm³/mol. The number of carbonyl (C=O) groups excluding carboxylic acids is 2. The fourth-order valence-corrected chi connectivity index (χ4v) is 5.94. The summed E-state index contributed by atoms with van der Waals surface area (Å²) in [6, 6.07) is 0. The molecule has 0 aliphatic rings. The van der Waals surface area contributed by atoms with Crippen molar-refractivity contribution in [2.45, 2.75) is 148 Å². The van der Waals surface area contributed by atoms with E-state index in [1.807, 2.05) is 6.08 Å². The maximum absolute atomic E-state index is 12.5. The van der Waals surface area contributed by atoms with Crippen molar-refractivity contribution in [1.82, 2.24) is 0 Å². The Kier molecular flexibility index (Phi) is 31.8. The van der Waals surface area contributed by atoms with Gasteiger partial charge in [-0.15, -0.1) is 0 Å². The first-order chi connectivity index (χ1) is 26.0. The van der Waals surface area contributed by atoms with Crippen molar-refractivity contribution >= 4 is 27.6 Å². The molecule has 0 aromatic carbocycles. The summed E-state index contributed by atoms with van der Waals surface area (Å²) < 4.78 is 47.3. The van der Waals surface area contributed by atoms with Crippen molar-refractivity contribution in [3.63, 3.8) is 0 Å². The van der Waals surface area contributed by atoms with E-state index >= 15 is 0 Å². The van der Waals surface area contributed by atoms with Crippen LogP contribution < -0.4 is 0 Å². The molecule has 0 fully saturated rings. The molecule has 0 saturated heterocycles. The average molecular weight is 827 g/mol. The second kappa shape index (κ2) is 33.0. The van der Waals surface area contributed by atoms with Crippen molar-refractivity contribution < 1.29 is 71.8 Å². The van der Waals surface area contributed by atoms with Crippen LogP contribution in [0.5, 0.6) is 0 Å². The second-order valence-corrected chi connectivity index (χ2v) is 16.4. The number of hydrogen-bond donors (Lipinski definition) is 6. The summed E-state index contributed by atoms with van der Waals surface area (Å²) in [5.74, 6) is -0.615. The van der Waals surface area contributed by atoms with Crippen molar-refractivity contribution in [2.75, 3.05) is 26.4 Å². The summed E-state index contributed by atoms with van der Waals surface area (Å²) in [6.07, 6.45) is 22.3. The third-order valence-electron chi connectivity index (χ3n) is 7.83. The van der Waals surface area contributed by atoms with Gasteiger partial charge in [0, 0.05) is 12.8 Å². The highest BCUT2D eigenvalue weighted by Gasteiger charge is 2.28. The third kappa shape index (κ3) is 37.3. The van der Waals surface area contributed by atoms with E-state index in [4.69, 9.17) is 23.8 Å². The molecule has 55 heavy (non-hydrogen) atoms. The molecule has 0 heterocycles. The molecule has 6 N–H and O–H groups in total. The van der Waals surface area contributed by atoms with Crippen LogP contribution in [0.2, 0.25) is 0 Å². The molecule has 0 aliphatic heterocycles. The lowest BCUT2D eigenvalue weighted by atomic mass is 10.0. The highest BCUT2D eigenvalue weighted by atomic mass is 31.2. The van der Waals surface area contributed by atoms with Crippen molar-refractivity contribution in [3.8, 4) is 0 Å². The number of allylic oxidation sites excluding steroid dienone is 5. The highest BCUT2D eigenvalue weighted by Crippen LogP contribution is 2.43. The highest BCUT2D eigenvalue weighted by molar-refractivity contribution is 7.47. The molecular formula is C38H68O15P2. The van der Waals surface area contributed by atoms with E-state index in [2.05, 4.69) is 35.9 Å². The van der Waals surface area contributed by atoms with Crippen LogP contribution in [0.25, 0.3) is 0 Å². The van der Waals surface area contributed by atoms with Gasteiger partial charge in [0.15, 0.2) is 6.10 Å². The number of unbranched alkanes of at least 4 members (excludes halogenated alkanes) is 8. The number of esters is 2. The van der Waals surface area contributed by atoms with E-state index in [-0.39, 0.29) is 25.7 Å². The van der Waals surface area contributed by atoms with E-state index in [1.54, 1.807) is 36.5 Å². The zero-order valence-electron chi connectivity index (χ0n) is 32.9. The number of ether oxygens (including phenoxy) is 2. The molecule has 0 bridgehead atoms. The summed E-state index contributed by atoms with van der Waals surface area (Å²) in [5.41, 5.74) is 0. The second-order valence-electron chi connectivity index (χ2n) is 13.7. The van der Waals surface area contributed by atoms with Crippen molar-refractivity contribution in [3.05, 3.63) is 48.6 Å². The standard InChI is InChI=1S/C38H68O15P2/c1-4-5-6-7-11-16-22-33(39)23-17-13-14-18-24-34(40)25-20-27-37(42)49-30-36(53-38(43)26-19-12-9-8-10-15-21-32(2)3)31-52-55(47,48)51-29-35(41)28-50-54(44,45)46/h11,13-14,16-18,23-24,32-36,39-41H,4-10,12,15,19-22,25-31H2,1-3H3,(H,47,48)(H2,44,45,46)/b14-13+,16-11-,23-17+,24-18-/t33-,34-,35+,36-/m1/s1. The topological polar surface area (TPSA) is 236 Å². The van der Waals surface area contributed by atoms with Gasteiger partial charge < -0.3 is 39.5 Å². The van der Waals surface area contributed by atoms with Crippen LogP contribution in [-0.4, -0.2) is 92.8 Å². The van der Waals surface area contributed by atoms with Crippen LogP contribution in [0.1, 0.15) is 124 Å². The molecule has 0 aromatic rings. The van der Waals surface area contributed by atoms with E-state index in [0.717, 1.165) is 44.9 Å². The van der Waals surface area contributed by atoms with Gasteiger partial charge in [0.25, 0.3) is 0 Å². The molecule has 0 saturated carbocycles. The molecule has 320 valence electrons. The summed E-state index contributed by atoms with van der Waals surface area (Å²) in [4.78, 5) is 52.4. The molecule has 15 nitrogen and oxygen atoms in total. The van der Waals surface area contributed by atoms with E-state index < -0.39 is 78.4 Å². The van der Waals surface area contributed by atoms with Gasteiger partial charge in [0.05, 0.1) is 32.0 Å². The summed E-state index contributed by atoms with van der Waals surface area (Å²) in [6.45, 7) is 3.57. The van der Waals surface area contributed by atoms with Crippen LogP contribution in [0.15, 0.2) is 48.6 Å². The third-order valence-corrected chi connectivity index (χ3v) is 9.26. The minimum atomic E-state index is -4.88. The molecule has 0 aromatic heterocycles. The lowest BCUT2D eigenvalue weighted by Crippen LogP contribution is -2.30. The summed E-state index contributed by atoms with van der Waals surface area (Å²) >= 11 is 0. The minimum absolute atomic E-state index is 0.0662. The predicted octanol–water partition coefficient (Wildman–Crippen LogP) is 6.91. The molecule has 1 unspecified atom stereocenters. The Labute approximate surface area is 327 Å². The van der Waals surface area contributed by atoms with E-state index in [0.29, 0.717) is 18.8 Å². The van der Waals surface area contributed by atoms with Crippen LogP contribution in [-0.2, 0) is 41.8 Å². The molecule has 0 radical (unpaired) electrons. The monoisotopic (exact) mass is 826 g/mol. The number of aliphatic hydroxyl groups is 3. The molecule has 0 spiro atoms. The zero-order valence-corrected chi connectivity index (χ0v) is 34.7. The Hall–Kier alpha value is -2.00.